The van der Waals surface area contributed by atoms with E-state index in [2.05, 4.69) is 6.07 Å². The van der Waals surface area contributed by atoms with Crippen LogP contribution in [0.2, 0.25) is 0 Å². The highest BCUT2D eigenvalue weighted by atomic mass is 16.3. The number of benzene rings is 2. The van der Waals surface area contributed by atoms with Crippen LogP contribution in [0.1, 0.15) is 16.7 Å². The van der Waals surface area contributed by atoms with Crippen molar-refractivity contribution >= 4 is 0 Å². The molecule has 0 aromatic heterocycles. The molecule has 0 radical (unpaired) electrons. The largest absolute Gasteiger partial charge is 0.508 e. The van der Waals surface area contributed by atoms with E-state index < -0.39 is 0 Å². The number of para-hydroxylation sites is 1. The summed E-state index contributed by atoms with van der Waals surface area (Å²) in [7, 11) is 0. The third-order valence-corrected chi connectivity index (χ3v) is 2.54. The summed E-state index contributed by atoms with van der Waals surface area (Å²) in [5.41, 5.74) is 3.24. The highest BCUT2D eigenvalue weighted by Gasteiger charge is 1.98. The maximum Gasteiger partial charge on any atom is 0.119 e. The first-order valence-corrected chi connectivity index (χ1v) is 5.51. The molecule has 2 aromatic carbocycles. The van der Waals surface area contributed by atoms with E-state index in [0.29, 0.717) is 11.5 Å². The van der Waals surface area contributed by atoms with Crippen LogP contribution in [-0.2, 0) is 0 Å². The van der Waals surface area contributed by atoms with Gasteiger partial charge in [-0.25, -0.2) is 0 Å². The molecule has 17 heavy (non-hydrogen) atoms. The summed E-state index contributed by atoms with van der Waals surface area (Å²) in [6, 6.07) is 12.6. The molecule has 2 nitrogen and oxygen atoms in total. The van der Waals surface area contributed by atoms with Gasteiger partial charge in [-0.05, 0) is 55.7 Å². The molecule has 2 aromatic rings. The Hall–Kier alpha value is -1.96. The molecule has 2 rings (SSSR count). The van der Waals surface area contributed by atoms with E-state index in [1.54, 1.807) is 30.3 Å². The molecule has 2 N–H and O–H groups in total. The summed E-state index contributed by atoms with van der Waals surface area (Å²) < 4.78 is 0. The van der Waals surface area contributed by atoms with E-state index in [-0.39, 0.29) is 0 Å². The minimum absolute atomic E-state index is 0.322. The van der Waals surface area contributed by atoms with E-state index in [9.17, 15) is 5.11 Å². The van der Waals surface area contributed by atoms with Crippen molar-refractivity contribution in [1.29, 1.82) is 0 Å². The second-order valence-electron chi connectivity index (χ2n) is 4.06. The molecule has 0 atom stereocenters. The van der Waals surface area contributed by atoms with E-state index in [1.807, 2.05) is 26.8 Å². The van der Waals surface area contributed by atoms with Crippen LogP contribution in [0.15, 0.2) is 42.5 Å². The minimum atomic E-state index is 0.322. The van der Waals surface area contributed by atoms with Crippen LogP contribution in [0.5, 0.6) is 11.5 Å². The van der Waals surface area contributed by atoms with Crippen LogP contribution in [0.25, 0.3) is 0 Å². The normalized spacial score (nSPS) is 9.35. The SMILES string of the molecule is Cc1cc(C)c(C)c(O)c1.Oc1ccccc1. The molecule has 90 valence electrons. The van der Waals surface area contributed by atoms with Crippen molar-refractivity contribution in [3.63, 3.8) is 0 Å². The fourth-order valence-corrected chi connectivity index (χ4v) is 1.45. The van der Waals surface area contributed by atoms with Crippen molar-refractivity contribution in [2.24, 2.45) is 0 Å². The van der Waals surface area contributed by atoms with Gasteiger partial charge < -0.3 is 10.2 Å². The molecule has 0 heterocycles. The van der Waals surface area contributed by atoms with E-state index in [0.717, 1.165) is 16.7 Å². The number of phenolic OH excluding ortho intramolecular Hbond substituents is 2. The van der Waals surface area contributed by atoms with E-state index >= 15 is 0 Å². The van der Waals surface area contributed by atoms with Gasteiger partial charge >= 0.3 is 0 Å². The van der Waals surface area contributed by atoms with Gasteiger partial charge in [0.2, 0.25) is 0 Å². The number of aromatic hydroxyl groups is 2. The highest BCUT2D eigenvalue weighted by molar-refractivity contribution is 5.40. The molecule has 0 spiro atoms. The third kappa shape index (κ3) is 4.19. The first kappa shape index (κ1) is 13.1. The van der Waals surface area contributed by atoms with Gasteiger partial charge in [-0.15, -0.1) is 0 Å². The topological polar surface area (TPSA) is 40.5 Å². The molecule has 0 bridgehead atoms. The Morgan fingerprint density at radius 1 is 0.824 bits per heavy atom. The molecule has 2 heteroatoms. The van der Waals surface area contributed by atoms with Crippen LogP contribution >= 0.6 is 0 Å². The van der Waals surface area contributed by atoms with Crippen molar-refractivity contribution < 1.29 is 10.2 Å². The molecule has 0 aliphatic heterocycles. The minimum Gasteiger partial charge on any atom is -0.508 e. The van der Waals surface area contributed by atoms with Crippen LogP contribution in [0.4, 0.5) is 0 Å². The Kier molecular flexibility index (Phi) is 4.58. The molecule has 0 fully saturated rings. The summed E-state index contributed by atoms with van der Waals surface area (Å²) >= 11 is 0. The second kappa shape index (κ2) is 5.94. The van der Waals surface area contributed by atoms with Gasteiger partial charge in [-0.3, -0.25) is 0 Å². The molecule has 0 unspecified atom stereocenters. The Balaban J connectivity index is 0.000000181. The molecule has 0 aliphatic rings. The average molecular weight is 230 g/mol. The molecular weight excluding hydrogens is 212 g/mol. The zero-order valence-electron chi connectivity index (χ0n) is 10.4. The molecular formula is C15H18O2. The lowest BCUT2D eigenvalue weighted by molar-refractivity contribution is 0.470. The van der Waals surface area contributed by atoms with Crippen LogP contribution < -0.4 is 0 Å². The van der Waals surface area contributed by atoms with Gasteiger partial charge in [0, 0.05) is 0 Å². The molecule has 0 aliphatic carbocycles. The maximum absolute atomic E-state index is 9.28. The van der Waals surface area contributed by atoms with Crippen molar-refractivity contribution in [1.82, 2.24) is 0 Å². The smallest absolute Gasteiger partial charge is 0.119 e. The van der Waals surface area contributed by atoms with Gasteiger partial charge in [0.15, 0.2) is 0 Å². The number of phenols is 2. The highest BCUT2D eigenvalue weighted by Crippen LogP contribution is 2.20. The third-order valence-electron chi connectivity index (χ3n) is 2.54. The summed E-state index contributed by atoms with van der Waals surface area (Å²) in [6.45, 7) is 5.90. The fraction of sp³-hybridized carbons (Fsp3) is 0.200. The van der Waals surface area contributed by atoms with Gasteiger partial charge in [0.1, 0.15) is 11.5 Å². The lowest BCUT2D eigenvalue weighted by Crippen LogP contribution is -1.82. The standard InChI is InChI=1S/C9H12O.C6H6O/c1-6-4-7(2)8(3)9(10)5-6;7-6-4-2-1-3-5-6/h4-5,10H,1-3H3;1-5,7H. The number of rotatable bonds is 0. The summed E-state index contributed by atoms with van der Waals surface area (Å²) in [5, 5.41) is 17.9. The first-order chi connectivity index (χ1) is 8.00. The Bertz CT molecular complexity index is 453. The first-order valence-electron chi connectivity index (χ1n) is 5.51. The number of aryl methyl sites for hydroxylation is 2. The van der Waals surface area contributed by atoms with Crippen molar-refractivity contribution in [3.8, 4) is 11.5 Å². The van der Waals surface area contributed by atoms with Crippen molar-refractivity contribution in [3.05, 3.63) is 59.2 Å². The van der Waals surface area contributed by atoms with Crippen molar-refractivity contribution in [2.45, 2.75) is 20.8 Å². The monoisotopic (exact) mass is 230 g/mol. The maximum atomic E-state index is 9.28. The van der Waals surface area contributed by atoms with E-state index in [1.165, 1.54) is 0 Å². The number of hydrogen-bond acceptors (Lipinski definition) is 2. The number of hydrogen-bond donors (Lipinski definition) is 2. The molecule has 0 amide bonds. The van der Waals surface area contributed by atoms with Gasteiger partial charge in [-0.1, -0.05) is 24.3 Å². The summed E-state index contributed by atoms with van der Waals surface area (Å²) in [6.07, 6.45) is 0. The second-order valence-corrected chi connectivity index (χ2v) is 4.06. The van der Waals surface area contributed by atoms with Gasteiger partial charge in [0.25, 0.3) is 0 Å². The summed E-state index contributed by atoms with van der Waals surface area (Å²) in [5.74, 6) is 0.722. The Morgan fingerprint density at radius 2 is 1.41 bits per heavy atom. The Morgan fingerprint density at radius 3 is 1.82 bits per heavy atom. The quantitative estimate of drug-likeness (QED) is 0.724. The van der Waals surface area contributed by atoms with Crippen LogP contribution in [0, 0.1) is 20.8 Å². The van der Waals surface area contributed by atoms with Crippen LogP contribution in [0.3, 0.4) is 0 Å². The predicted molar refractivity (Wildman–Crippen MR) is 70.4 cm³/mol. The fourth-order valence-electron chi connectivity index (χ4n) is 1.45. The van der Waals surface area contributed by atoms with E-state index in [4.69, 9.17) is 5.11 Å². The van der Waals surface area contributed by atoms with Gasteiger partial charge in [0.05, 0.1) is 0 Å². The lowest BCUT2D eigenvalue weighted by Gasteiger charge is -2.03. The predicted octanol–water partition coefficient (Wildman–Crippen LogP) is 3.71. The average Bonchev–Trinajstić information content (AvgIpc) is 2.27. The lowest BCUT2D eigenvalue weighted by atomic mass is 10.1. The van der Waals surface area contributed by atoms with Gasteiger partial charge in [-0.2, -0.15) is 0 Å². The van der Waals surface area contributed by atoms with Crippen molar-refractivity contribution in [2.75, 3.05) is 0 Å². The molecule has 0 saturated heterocycles. The summed E-state index contributed by atoms with van der Waals surface area (Å²) in [4.78, 5) is 0. The van der Waals surface area contributed by atoms with Crippen LogP contribution in [-0.4, -0.2) is 10.2 Å². The zero-order valence-corrected chi connectivity index (χ0v) is 10.4. The zero-order chi connectivity index (χ0) is 12.8. The Labute approximate surface area is 102 Å². The molecule has 0 saturated carbocycles.